The predicted molar refractivity (Wildman–Crippen MR) is 81.5 cm³/mol. The molecule has 0 amide bonds. The number of esters is 1. The molecule has 21 heavy (non-hydrogen) atoms. The summed E-state index contributed by atoms with van der Waals surface area (Å²) in [4.78, 5) is 15.9. The van der Waals surface area contributed by atoms with Crippen molar-refractivity contribution < 1.29 is 9.53 Å². The number of benzene rings is 1. The van der Waals surface area contributed by atoms with Gasteiger partial charge in [0.25, 0.3) is 0 Å². The van der Waals surface area contributed by atoms with Crippen molar-refractivity contribution in [3.63, 3.8) is 0 Å². The van der Waals surface area contributed by atoms with Crippen molar-refractivity contribution in [2.45, 2.75) is 25.8 Å². The molecule has 0 saturated heterocycles. The zero-order valence-corrected chi connectivity index (χ0v) is 12.0. The van der Waals surface area contributed by atoms with Crippen LogP contribution in [0.4, 0.5) is 5.82 Å². The van der Waals surface area contributed by atoms with E-state index in [1.54, 1.807) is 19.2 Å². The van der Waals surface area contributed by atoms with Crippen LogP contribution in [0.25, 0.3) is 0 Å². The average molecular weight is 282 g/mol. The molecule has 0 saturated carbocycles. The van der Waals surface area contributed by atoms with Gasteiger partial charge in [-0.3, -0.25) is 0 Å². The van der Waals surface area contributed by atoms with Crippen LogP contribution in [0.15, 0.2) is 42.6 Å². The lowest BCUT2D eigenvalue weighted by atomic mass is 10.1. The minimum absolute atomic E-state index is 0.329. The molecule has 1 aromatic carbocycles. The normalized spacial score (nSPS) is 13.8. The quantitative estimate of drug-likeness (QED) is 0.876. The third-order valence-corrected chi connectivity index (χ3v) is 3.68. The zero-order chi connectivity index (χ0) is 14.7. The third-order valence-electron chi connectivity index (χ3n) is 3.68. The summed E-state index contributed by atoms with van der Waals surface area (Å²) in [5, 5.41) is 3.42. The first kappa shape index (κ1) is 13.6. The van der Waals surface area contributed by atoms with Crippen LogP contribution in [-0.2, 0) is 17.6 Å². The largest absolute Gasteiger partial charge is 0.462 e. The molecule has 0 atom stereocenters. The van der Waals surface area contributed by atoms with Crippen LogP contribution in [0.2, 0.25) is 0 Å². The fourth-order valence-corrected chi connectivity index (χ4v) is 2.68. The number of ether oxygens (including phenoxy) is 1. The first-order valence-corrected chi connectivity index (χ1v) is 7.22. The van der Waals surface area contributed by atoms with Gasteiger partial charge in [-0.25, -0.2) is 9.78 Å². The molecular weight excluding hydrogens is 264 g/mol. The first-order valence-electron chi connectivity index (χ1n) is 7.22. The van der Waals surface area contributed by atoms with E-state index in [1.165, 1.54) is 11.1 Å². The summed E-state index contributed by atoms with van der Waals surface area (Å²) in [6.07, 6.45) is 3.58. The summed E-state index contributed by atoms with van der Waals surface area (Å²) in [6, 6.07) is 12.4. The number of rotatable bonds is 4. The summed E-state index contributed by atoms with van der Waals surface area (Å²) < 4.78 is 4.94. The van der Waals surface area contributed by atoms with Gasteiger partial charge < -0.3 is 10.1 Å². The van der Waals surface area contributed by atoms with E-state index in [0.29, 0.717) is 18.2 Å². The van der Waals surface area contributed by atoms with Gasteiger partial charge in [0.15, 0.2) is 0 Å². The Hall–Kier alpha value is -2.36. The molecule has 4 heteroatoms. The van der Waals surface area contributed by atoms with Gasteiger partial charge in [0, 0.05) is 12.2 Å². The molecule has 0 bridgehead atoms. The number of carbonyl (C=O) groups is 1. The van der Waals surface area contributed by atoms with Crippen LogP contribution >= 0.6 is 0 Å². The number of carbonyl (C=O) groups excluding carboxylic acids is 1. The van der Waals surface area contributed by atoms with Crippen LogP contribution in [0.1, 0.15) is 28.4 Å². The van der Waals surface area contributed by atoms with Gasteiger partial charge >= 0.3 is 5.97 Å². The van der Waals surface area contributed by atoms with Crippen LogP contribution in [-0.4, -0.2) is 23.6 Å². The second kappa shape index (κ2) is 5.95. The highest BCUT2D eigenvalue weighted by molar-refractivity contribution is 5.89. The fourth-order valence-electron chi connectivity index (χ4n) is 2.68. The summed E-state index contributed by atoms with van der Waals surface area (Å²) in [5.74, 6) is 0.464. The number of hydrogen-bond donors (Lipinski definition) is 1. The zero-order valence-electron chi connectivity index (χ0n) is 12.0. The van der Waals surface area contributed by atoms with E-state index < -0.39 is 0 Å². The second-order valence-electron chi connectivity index (χ2n) is 5.17. The molecule has 0 fully saturated rings. The number of nitrogens with zero attached hydrogens (tertiary/aromatic N) is 1. The van der Waals surface area contributed by atoms with E-state index in [9.17, 15) is 4.79 Å². The maximum atomic E-state index is 11.6. The lowest BCUT2D eigenvalue weighted by Crippen LogP contribution is -2.20. The smallest absolute Gasteiger partial charge is 0.339 e. The van der Waals surface area contributed by atoms with E-state index >= 15 is 0 Å². The summed E-state index contributed by atoms with van der Waals surface area (Å²) >= 11 is 0. The minimum atomic E-state index is -0.329. The van der Waals surface area contributed by atoms with Crippen LogP contribution in [0, 0.1) is 0 Å². The molecule has 0 radical (unpaired) electrons. The van der Waals surface area contributed by atoms with Crippen molar-refractivity contribution in [2.75, 3.05) is 11.9 Å². The Morgan fingerprint density at radius 1 is 1.24 bits per heavy atom. The van der Waals surface area contributed by atoms with Crippen LogP contribution in [0.3, 0.4) is 0 Å². The van der Waals surface area contributed by atoms with Crippen molar-refractivity contribution in [1.29, 1.82) is 0 Å². The Labute approximate surface area is 124 Å². The first-order chi connectivity index (χ1) is 10.3. The summed E-state index contributed by atoms with van der Waals surface area (Å²) in [7, 11) is 0. The molecule has 1 aliphatic rings. The monoisotopic (exact) mass is 282 g/mol. The summed E-state index contributed by atoms with van der Waals surface area (Å²) in [6.45, 7) is 2.16. The summed E-state index contributed by atoms with van der Waals surface area (Å²) in [5.41, 5.74) is 3.29. The van der Waals surface area contributed by atoms with Crippen molar-refractivity contribution in [1.82, 2.24) is 4.98 Å². The predicted octanol–water partition coefficient (Wildman–Crippen LogP) is 2.84. The Morgan fingerprint density at radius 3 is 2.52 bits per heavy atom. The third kappa shape index (κ3) is 3.05. The van der Waals surface area contributed by atoms with Gasteiger partial charge in [-0.05, 0) is 43.0 Å². The number of nitrogens with one attached hydrogen (secondary N) is 1. The standard InChI is InChI=1S/C17H18N2O2/c1-2-21-17(20)14-7-8-16(18-11-14)19-15-9-12-5-3-4-6-13(12)10-15/h3-8,11,15H,2,9-10H2,1H3,(H,18,19). The van der Waals surface area contributed by atoms with Gasteiger partial charge in [0.2, 0.25) is 0 Å². The van der Waals surface area contributed by atoms with Crippen molar-refractivity contribution in [2.24, 2.45) is 0 Å². The molecule has 2 aromatic rings. The van der Waals surface area contributed by atoms with Gasteiger partial charge in [-0.2, -0.15) is 0 Å². The van der Waals surface area contributed by atoms with Crippen molar-refractivity contribution >= 4 is 11.8 Å². The number of pyridine rings is 1. The molecule has 4 nitrogen and oxygen atoms in total. The molecule has 1 heterocycles. The highest BCUT2D eigenvalue weighted by atomic mass is 16.5. The fraction of sp³-hybridized carbons (Fsp3) is 0.294. The van der Waals surface area contributed by atoms with E-state index in [4.69, 9.17) is 4.74 Å². The van der Waals surface area contributed by atoms with Gasteiger partial charge in [-0.1, -0.05) is 24.3 Å². The lowest BCUT2D eigenvalue weighted by molar-refractivity contribution is 0.0526. The highest BCUT2D eigenvalue weighted by Crippen LogP contribution is 2.23. The Morgan fingerprint density at radius 2 is 1.95 bits per heavy atom. The van der Waals surface area contributed by atoms with Gasteiger partial charge in [-0.15, -0.1) is 0 Å². The topological polar surface area (TPSA) is 51.2 Å². The molecule has 3 rings (SSSR count). The number of anilines is 1. The number of fused-ring (bicyclic) bond motifs is 1. The molecule has 1 aliphatic carbocycles. The van der Waals surface area contributed by atoms with Gasteiger partial charge in [0.05, 0.1) is 12.2 Å². The second-order valence-corrected chi connectivity index (χ2v) is 5.17. The Bertz CT molecular complexity index is 612. The van der Waals surface area contributed by atoms with Gasteiger partial charge in [0.1, 0.15) is 5.82 Å². The maximum Gasteiger partial charge on any atom is 0.339 e. The average Bonchev–Trinajstić information content (AvgIpc) is 2.90. The van der Waals surface area contributed by atoms with E-state index in [-0.39, 0.29) is 5.97 Å². The van der Waals surface area contributed by atoms with E-state index in [0.717, 1.165) is 18.7 Å². The molecule has 0 unspecified atom stereocenters. The van der Waals surface area contributed by atoms with E-state index in [1.807, 2.05) is 6.07 Å². The SMILES string of the molecule is CCOC(=O)c1ccc(NC2Cc3ccccc3C2)nc1. The van der Waals surface area contributed by atoms with Crippen LogP contribution in [0.5, 0.6) is 0 Å². The molecule has 0 aliphatic heterocycles. The highest BCUT2D eigenvalue weighted by Gasteiger charge is 2.20. The molecule has 108 valence electrons. The molecule has 1 N–H and O–H groups in total. The Balaban J connectivity index is 1.63. The van der Waals surface area contributed by atoms with Crippen molar-refractivity contribution in [3.05, 3.63) is 59.3 Å². The molecule has 0 spiro atoms. The van der Waals surface area contributed by atoms with E-state index in [2.05, 4.69) is 34.6 Å². The Kier molecular flexibility index (Phi) is 3.86. The molecule has 1 aromatic heterocycles. The van der Waals surface area contributed by atoms with Crippen molar-refractivity contribution in [3.8, 4) is 0 Å². The number of aromatic nitrogens is 1. The maximum absolute atomic E-state index is 11.6. The van der Waals surface area contributed by atoms with Crippen LogP contribution < -0.4 is 5.32 Å². The minimum Gasteiger partial charge on any atom is -0.462 e. The number of hydrogen-bond acceptors (Lipinski definition) is 4. The molecular formula is C17H18N2O2. The lowest BCUT2D eigenvalue weighted by Gasteiger charge is -2.12.